The van der Waals surface area contributed by atoms with Crippen LogP contribution in [0.5, 0.6) is 0 Å². The second-order valence-corrected chi connectivity index (χ2v) is 6.16. The van der Waals surface area contributed by atoms with Gasteiger partial charge in [-0.15, -0.1) is 11.3 Å². The Balaban J connectivity index is 1.64. The van der Waals surface area contributed by atoms with Gasteiger partial charge in [0.2, 0.25) is 5.91 Å². The van der Waals surface area contributed by atoms with Gasteiger partial charge < -0.3 is 10.6 Å². The molecule has 1 aliphatic rings. The number of amides is 1. The third kappa shape index (κ3) is 2.70. The van der Waals surface area contributed by atoms with Gasteiger partial charge in [0.1, 0.15) is 0 Å². The maximum atomic E-state index is 12.4. The lowest BCUT2D eigenvalue weighted by Gasteiger charge is -2.26. The highest BCUT2D eigenvalue weighted by molar-refractivity contribution is 7.10. The summed E-state index contributed by atoms with van der Waals surface area (Å²) in [5.41, 5.74) is 2.38. The molecule has 1 unspecified atom stereocenters. The summed E-state index contributed by atoms with van der Waals surface area (Å²) < 4.78 is 0. The minimum atomic E-state index is 0.00677. The second kappa shape index (κ2) is 5.67. The van der Waals surface area contributed by atoms with E-state index in [1.807, 2.05) is 30.5 Å². The number of nitrogens with one attached hydrogen (secondary N) is 2. The molecule has 104 valence electrons. The average molecular weight is 286 g/mol. The molecule has 2 aromatic rings. The molecule has 3 nitrogen and oxygen atoms in total. The summed E-state index contributed by atoms with van der Waals surface area (Å²) in [5, 5.41) is 8.50. The van der Waals surface area contributed by atoms with Crippen molar-refractivity contribution >= 4 is 22.9 Å². The first-order chi connectivity index (χ1) is 9.74. The smallest absolute Gasteiger partial charge is 0.225 e. The first-order valence-electron chi connectivity index (χ1n) is 6.89. The van der Waals surface area contributed by atoms with Gasteiger partial charge in [-0.1, -0.05) is 24.3 Å². The highest BCUT2D eigenvalue weighted by atomic mass is 32.1. The van der Waals surface area contributed by atoms with Crippen molar-refractivity contribution in [3.8, 4) is 0 Å². The van der Waals surface area contributed by atoms with Crippen LogP contribution in [0.15, 0.2) is 41.8 Å². The largest absolute Gasteiger partial charge is 0.384 e. The van der Waals surface area contributed by atoms with Crippen LogP contribution in [0.2, 0.25) is 0 Å². The molecule has 0 fully saturated rings. The number of anilines is 1. The Hall–Kier alpha value is -1.81. The van der Waals surface area contributed by atoms with Gasteiger partial charge in [0.15, 0.2) is 0 Å². The molecule has 2 atom stereocenters. The van der Waals surface area contributed by atoms with Gasteiger partial charge in [-0.3, -0.25) is 4.79 Å². The minimum Gasteiger partial charge on any atom is -0.384 e. The molecule has 1 amide bonds. The number of rotatable bonds is 3. The van der Waals surface area contributed by atoms with Crippen LogP contribution in [0, 0.1) is 5.92 Å². The summed E-state index contributed by atoms with van der Waals surface area (Å²) in [5.74, 6) is 0.139. The van der Waals surface area contributed by atoms with E-state index in [9.17, 15) is 4.79 Å². The van der Waals surface area contributed by atoms with Crippen molar-refractivity contribution < 1.29 is 4.79 Å². The summed E-state index contributed by atoms with van der Waals surface area (Å²) in [7, 11) is 0. The quantitative estimate of drug-likeness (QED) is 0.909. The number of benzene rings is 1. The van der Waals surface area contributed by atoms with Crippen LogP contribution < -0.4 is 10.6 Å². The molecule has 0 saturated carbocycles. The number of hydrogen-bond acceptors (Lipinski definition) is 3. The van der Waals surface area contributed by atoms with Crippen LogP contribution in [0.25, 0.3) is 0 Å². The fraction of sp³-hybridized carbons (Fsp3) is 0.312. The highest BCUT2D eigenvalue weighted by Gasteiger charge is 2.25. The molecule has 1 aromatic heterocycles. The summed E-state index contributed by atoms with van der Waals surface area (Å²) in [4.78, 5) is 13.6. The second-order valence-electron chi connectivity index (χ2n) is 5.18. The van der Waals surface area contributed by atoms with Crippen LogP contribution in [-0.4, -0.2) is 12.5 Å². The molecular formula is C16H18N2OS. The zero-order chi connectivity index (χ0) is 13.9. The van der Waals surface area contributed by atoms with Crippen molar-refractivity contribution in [2.75, 3.05) is 11.9 Å². The number of carbonyl (C=O) groups excluding carboxylic acids is 1. The monoisotopic (exact) mass is 286 g/mol. The molecule has 1 aliphatic heterocycles. The van der Waals surface area contributed by atoms with Crippen molar-refractivity contribution in [1.82, 2.24) is 5.32 Å². The molecule has 2 N–H and O–H groups in total. The van der Waals surface area contributed by atoms with Crippen molar-refractivity contribution in [3.63, 3.8) is 0 Å². The lowest BCUT2D eigenvalue weighted by molar-refractivity contribution is -0.125. The van der Waals surface area contributed by atoms with E-state index in [1.165, 1.54) is 10.4 Å². The number of para-hydroxylation sites is 1. The lowest BCUT2D eigenvalue weighted by Crippen LogP contribution is -2.39. The zero-order valence-electron chi connectivity index (χ0n) is 11.4. The van der Waals surface area contributed by atoms with Crippen LogP contribution in [-0.2, 0) is 11.2 Å². The summed E-state index contributed by atoms with van der Waals surface area (Å²) in [6.07, 6.45) is 0.812. The normalized spacial score (nSPS) is 18.8. The molecule has 0 radical (unpaired) electrons. The number of hydrogen-bond donors (Lipinski definition) is 2. The van der Waals surface area contributed by atoms with Crippen molar-refractivity contribution in [3.05, 3.63) is 52.2 Å². The Morgan fingerprint density at radius 1 is 1.35 bits per heavy atom. The molecule has 2 heterocycles. The maximum absolute atomic E-state index is 12.4. The molecule has 0 spiro atoms. The average Bonchev–Trinajstić information content (AvgIpc) is 3.01. The fourth-order valence-electron chi connectivity index (χ4n) is 2.57. The van der Waals surface area contributed by atoms with E-state index in [1.54, 1.807) is 11.3 Å². The van der Waals surface area contributed by atoms with E-state index >= 15 is 0 Å². The van der Waals surface area contributed by atoms with E-state index < -0.39 is 0 Å². The highest BCUT2D eigenvalue weighted by Crippen LogP contribution is 2.25. The SMILES string of the molecule is C[C@H](NC(=O)C1CNc2ccccc2C1)c1cccs1. The molecule has 3 rings (SSSR count). The van der Waals surface area contributed by atoms with E-state index in [0.29, 0.717) is 6.54 Å². The van der Waals surface area contributed by atoms with E-state index in [4.69, 9.17) is 0 Å². The minimum absolute atomic E-state index is 0.00677. The Bertz CT molecular complexity index is 594. The Morgan fingerprint density at radius 3 is 3.00 bits per heavy atom. The van der Waals surface area contributed by atoms with Gasteiger partial charge >= 0.3 is 0 Å². The number of carbonyl (C=O) groups is 1. The first kappa shape index (κ1) is 13.2. The Labute approximate surface area is 123 Å². The molecule has 0 saturated heterocycles. The third-order valence-electron chi connectivity index (χ3n) is 3.72. The van der Waals surface area contributed by atoms with E-state index in [0.717, 1.165) is 12.1 Å². The van der Waals surface area contributed by atoms with Crippen molar-refractivity contribution in [2.45, 2.75) is 19.4 Å². The number of fused-ring (bicyclic) bond motifs is 1. The molecule has 1 aromatic carbocycles. The molecular weight excluding hydrogens is 268 g/mol. The Morgan fingerprint density at radius 2 is 2.20 bits per heavy atom. The molecule has 0 bridgehead atoms. The summed E-state index contributed by atoms with van der Waals surface area (Å²) in [6, 6.07) is 12.4. The molecule has 20 heavy (non-hydrogen) atoms. The van der Waals surface area contributed by atoms with Crippen molar-refractivity contribution in [1.29, 1.82) is 0 Å². The predicted octanol–water partition coefficient (Wildman–Crippen LogP) is 3.21. The summed E-state index contributed by atoms with van der Waals surface area (Å²) in [6.45, 7) is 2.74. The van der Waals surface area contributed by atoms with Gasteiger partial charge in [-0.25, -0.2) is 0 Å². The predicted molar refractivity (Wildman–Crippen MR) is 83.0 cm³/mol. The number of thiophene rings is 1. The molecule has 4 heteroatoms. The lowest BCUT2D eigenvalue weighted by atomic mass is 9.93. The topological polar surface area (TPSA) is 41.1 Å². The molecule has 0 aliphatic carbocycles. The maximum Gasteiger partial charge on any atom is 0.225 e. The van der Waals surface area contributed by atoms with Crippen LogP contribution in [0.4, 0.5) is 5.69 Å². The first-order valence-corrected chi connectivity index (χ1v) is 7.77. The zero-order valence-corrected chi connectivity index (χ0v) is 12.2. The van der Waals surface area contributed by atoms with Gasteiger partial charge in [0.05, 0.1) is 12.0 Å². The van der Waals surface area contributed by atoms with Gasteiger partial charge in [0, 0.05) is 17.1 Å². The van der Waals surface area contributed by atoms with Gasteiger partial charge in [0.25, 0.3) is 0 Å². The van der Waals surface area contributed by atoms with E-state index in [-0.39, 0.29) is 17.9 Å². The van der Waals surface area contributed by atoms with Gasteiger partial charge in [-0.05, 0) is 36.4 Å². The standard InChI is InChI=1S/C16H18N2OS/c1-11(15-7-4-8-20-15)18-16(19)13-9-12-5-2-3-6-14(12)17-10-13/h2-8,11,13,17H,9-10H2,1H3,(H,18,19)/t11-,13?/m0/s1. The summed E-state index contributed by atoms with van der Waals surface area (Å²) >= 11 is 1.68. The fourth-order valence-corrected chi connectivity index (χ4v) is 3.30. The van der Waals surface area contributed by atoms with Gasteiger partial charge in [-0.2, -0.15) is 0 Å². The Kier molecular flexibility index (Phi) is 3.74. The van der Waals surface area contributed by atoms with Crippen LogP contribution in [0.1, 0.15) is 23.4 Å². The van der Waals surface area contributed by atoms with Crippen molar-refractivity contribution in [2.24, 2.45) is 5.92 Å². The van der Waals surface area contributed by atoms with Crippen LogP contribution in [0.3, 0.4) is 0 Å². The van der Waals surface area contributed by atoms with E-state index in [2.05, 4.69) is 28.8 Å². The van der Waals surface area contributed by atoms with Crippen LogP contribution >= 0.6 is 11.3 Å². The third-order valence-corrected chi connectivity index (χ3v) is 4.78.